The first-order valence-electron chi connectivity index (χ1n) is 9.50. The van der Waals surface area contributed by atoms with Crippen LogP contribution in [0, 0.1) is 0 Å². The van der Waals surface area contributed by atoms with Crippen LogP contribution in [0.4, 0.5) is 0 Å². The van der Waals surface area contributed by atoms with Crippen LogP contribution < -0.4 is 4.74 Å². The molecule has 1 atom stereocenters. The Bertz CT molecular complexity index is 770. The first-order valence-corrected chi connectivity index (χ1v) is 11.1. The van der Waals surface area contributed by atoms with E-state index in [-0.39, 0.29) is 17.3 Å². The van der Waals surface area contributed by atoms with E-state index in [1.807, 2.05) is 12.1 Å². The van der Waals surface area contributed by atoms with Crippen molar-refractivity contribution in [3.05, 3.63) is 34.9 Å². The number of hydrogen-bond donors (Lipinski definition) is 2. The average Bonchev–Trinajstić information content (AvgIpc) is 2.55. The highest BCUT2D eigenvalue weighted by molar-refractivity contribution is 7.54. The van der Waals surface area contributed by atoms with Crippen LogP contribution in [0.15, 0.2) is 18.2 Å². The summed E-state index contributed by atoms with van der Waals surface area (Å²) in [6.07, 6.45) is 2.97. The highest BCUT2D eigenvalue weighted by Gasteiger charge is 2.46. The smallest absolute Gasteiger partial charge is 0.339 e. The lowest BCUT2D eigenvalue weighted by Crippen LogP contribution is -2.33. The molecule has 5 nitrogen and oxygen atoms in total. The van der Waals surface area contributed by atoms with Crippen LogP contribution in [0.3, 0.4) is 0 Å². The minimum atomic E-state index is -4.57. The van der Waals surface area contributed by atoms with Crippen molar-refractivity contribution in [3.63, 3.8) is 0 Å². The van der Waals surface area contributed by atoms with Crippen molar-refractivity contribution in [2.75, 3.05) is 7.11 Å². The fraction of sp³-hybridized carbons (Fsp3) is 0.591. The van der Waals surface area contributed by atoms with Gasteiger partial charge in [-0.25, -0.2) is 0 Å². The molecule has 0 fully saturated rings. The second kappa shape index (κ2) is 8.14. The number of hydrogen-bond acceptors (Lipinski definition) is 3. The van der Waals surface area contributed by atoms with Crippen molar-refractivity contribution in [1.82, 2.24) is 0 Å². The van der Waals surface area contributed by atoms with Crippen LogP contribution in [0.2, 0.25) is 0 Å². The number of methoxy groups -OCH3 is 1. The molecule has 0 aliphatic heterocycles. The molecule has 1 unspecified atom stereocenters. The van der Waals surface area contributed by atoms with Gasteiger partial charge in [0, 0.05) is 11.1 Å². The maximum Gasteiger partial charge on any atom is 0.339 e. The van der Waals surface area contributed by atoms with Crippen LogP contribution in [-0.4, -0.2) is 27.8 Å². The molecular weight excluding hydrogens is 375 g/mol. The number of carbonyl (C=O) groups is 1. The maximum absolute atomic E-state index is 12.6. The molecule has 1 rings (SSSR count). The molecule has 1 aromatic rings. The van der Waals surface area contributed by atoms with Gasteiger partial charge in [0.1, 0.15) is 10.9 Å². The van der Waals surface area contributed by atoms with Crippen LogP contribution in [0.25, 0.3) is 6.08 Å². The molecule has 0 aliphatic carbocycles. The summed E-state index contributed by atoms with van der Waals surface area (Å²) in [5, 5.41) is -1.71. The Hall–Kier alpha value is -1.42. The van der Waals surface area contributed by atoms with Gasteiger partial charge in [-0.3, -0.25) is 9.36 Å². The first kappa shape index (κ1) is 24.6. The van der Waals surface area contributed by atoms with E-state index in [2.05, 4.69) is 41.5 Å². The van der Waals surface area contributed by atoms with Crippen molar-refractivity contribution in [1.29, 1.82) is 0 Å². The Morgan fingerprint density at radius 1 is 1.04 bits per heavy atom. The number of allylic oxidation sites excluding steroid dienone is 1. The maximum atomic E-state index is 12.6. The molecule has 0 spiro atoms. The molecule has 6 heteroatoms. The topological polar surface area (TPSA) is 83.8 Å². The zero-order chi connectivity index (χ0) is 22.1. The zero-order valence-corrected chi connectivity index (χ0v) is 19.5. The lowest BCUT2D eigenvalue weighted by Gasteiger charge is -2.29. The fourth-order valence-corrected chi connectivity index (χ4v) is 3.73. The third-order valence-corrected chi connectivity index (χ3v) is 7.04. The van der Waals surface area contributed by atoms with Crippen molar-refractivity contribution < 1.29 is 23.9 Å². The SMILES string of the molecule is CCC(C)(C(=O)C=Cc1cc(C(C)(C)C)c(OC)c(C(C)(C)C)c1)P(=O)(O)O. The molecular formula is C22H35O5P. The van der Waals surface area contributed by atoms with Crippen molar-refractivity contribution in [2.45, 2.75) is 77.8 Å². The molecule has 0 saturated heterocycles. The van der Waals surface area contributed by atoms with Gasteiger partial charge in [-0.05, 0) is 47.9 Å². The normalized spacial score (nSPS) is 15.5. The van der Waals surface area contributed by atoms with E-state index < -0.39 is 18.5 Å². The molecule has 0 radical (unpaired) electrons. The van der Waals surface area contributed by atoms with Crippen LogP contribution in [0.1, 0.15) is 78.5 Å². The molecule has 0 saturated carbocycles. The first-order chi connectivity index (χ1) is 12.5. The summed E-state index contributed by atoms with van der Waals surface area (Å²) in [4.78, 5) is 31.8. The summed E-state index contributed by atoms with van der Waals surface area (Å²) in [5.41, 5.74) is 2.48. The van der Waals surface area contributed by atoms with E-state index >= 15 is 0 Å². The molecule has 0 bridgehead atoms. The summed E-state index contributed by atoms with van der Waals surface area (Å²) in [6, 6.07) is 3.94. The number of carbonyl (C=O) groups excluding carboxylic acids is 1. The van der Waals surface area contributed by atoms with Gasteiger partial charge in [0.15, 0.2) is 5.78 Å². The summed E-state index contributed by atoms with van der Waals surface area (Å²) in [6.45, 7) is 15.5. The van der Waals surface area contributed by atoms with Gasteiger partial charge >= 0.3 is 7.60 Å². The average molecular weight is 410 g/mol. The quantitative estimate of drug-likeness (QED) is 0.496. The van der Waals surface area contributed by atoms with Gasteiger partial charge in [0.25, 0.3) is 0 Å². The van der Waals surface area contributed by atoms with Crippen LogP contribution in [-0.2, 0) is 20.2 Å². The van der Waals surface area contributed by atoms with Gasteiger partial charge in [-0.2, -0.15) is 0 Å². The van der Waals surface area contributed by atoms with Crippen molar-refractivity contribution >= 4 is 19.5 Å². The third-order valence-electron chi connectivity index (χ3n) is 5.22. The summed E-state index contributed by atoms with van der Waals surface area (Å²) in [5.74, 6) is 0.255. The standard InChI is InChI=1S/C22H35O5P/c1-10-22(8,28(24,25)26)18(23)12-11-15-13-16(20(2,3)4)19(27-9)17(14-15)21(5,6)7/h11-14H,10H2,1-9H3,(H2,24,25,26). The highest BCUT2D eigenvalue weighted by Crippen LogP contribution is 2.53. The van der Waals surface area contributed by atoms with E-state index in [9.17, 15) is 19.1 Å². The molecule has 0 heterocycles. The predicted octanol–water partition coefficient (Wildman–Crippen LogP) is 5.22. The molecule has 1 aromatic carbocycles. The van der Waals surface area contributed by atoms with Gasteiger partial charge in [0.05, 0.1) is 7.11 Å². The summed E-state index contributed by atoms with van der Waals surface area (Å²) in [7, 11) is -2.91. The summed E-state index contributed by atoms with van der Waals surface area (Å²) >= 11 is 0. The second-order valence-electron chi connectivity index (χ2n) is 9.52. The second-order valence-corrected chi connectivity index (χ2v) is 11.6. The van der Waals surface area contributed by atoms with Crippen LogP contribution >= 0.6 is 7.60 Å². The van der Waals surface area contributed by atoms with E-state index in [1.54, 1.807) is 20.1 Å². The number of ketones is 1. The molecule has 0 amide bonds. The Morgan fingerprint density at radius 2 is 1.46 bits per heavy atom. The van der Waals surface area contributed by atoms with Crippen molar-refractivity contribution in [3.8, 4) is 5.75 Å². The lowest BCUT2D eigenvalue weighted by atomic mass is 9.78. The van der Waals surface area contributed by atoms with Crippen LogP contribution in [0.5, 0.6) is 5.75 Å². The third kappa shape index (κ3) is 5.14. The molecule has 2 N–H and O–H groups in total. The number of rotatable bonds is 6. The Balaban J connectivity index is 3.57. The molecule has 0 aliphatic rings. The van der Waals surface area contributed by atoms with E-state index in [1.165, 1.54) is 13.0 Å². The largest absolute Gasteiger partial charge is 0.496 e. The Labute approximate surface area is 169 Å². The summed E-state index contributed by atoms with van der Waals surface area (Å²) < 4.78 is 17.5. The highest BCUT2D eigenvalue weighted by atomic mass is 31.2. The number of benzene rings is 1. The Morgan fingerprint density at radius 3 is 1.75 bits per heavy atom. The lowest BCUT2D eigenvalue weighted by molar-refractivity contribution is -0.117. The zero-order valence-electron chi connectivity index (χ0n) is 18.6. The van der Waals surface area contributed by atoms with E-state index in [4.69, 9.17) is 4.74 Å². The number of ether oxygens (including phenoxy) is 1. The van der Waals surface area contributed by atoms with E-state index in [0.717, 1.165) is 22.4 Å². The monoisotopic (exact) mass is 410 g/mol. The minimum Gasteiger partial charge on any atom is -0.496 e. The van der Waals surface area contributed by atoms with Crippen molar-refractivity contribution in [2.24, 2.45) is 0 Å². The van der Waals surface area contributed by atoms with Gasteiger partial charge in [-0.15, -0.1) is 0 Å². The molecule has 0 aromatic heterocycles. The molecule has 28 heavy (non-hydrogen) atoms. The predicted molar refractivity (Wildman–Crippen MR) is 115 cm³/mol. The van der Waals surface area contributed by atoms with Gasteiger partial charge < -0.3 is 14.5 Å². The fourth-order valence-electron chi connectivity index (χ4n) is 2.96. The van der Waals surface area contributed by atoms with Gasteiger partial charge in [0.2, 0.25) is 0 Å². The van der Waals surface area contributed by atoms with E-state index in [0.29, 0.717) is 0 Å². The van der Waals surface area contributed by atoms with Gasteiger partial charge in [-0.1, -0.05) is 54.5 Å². The minimum absolute atomic E-state index is 0.0591. The Kier molecular flexibility index (Phi) is 7.15. The molecule has 158 valence electrons.